The molecule has 0 bridgehead atoms. The highest BCUT2D eigenvalue weighted by Gasteiger charge is 2.38. The van der Waals surface area contributed by atoms with Crippen LogP contribution in [0.3, 0.4) is 0 Å². The fourth-order valence-corrected chi connectivity index (χ4v) is 3.57. The Morgan fingerprint density at radius 2 is 1.69 bits per heavy atom. The number of nitrogens with zero attached hydrogens (tertiary/aromatic N) is 1. The van der Waals surface area contributed by atoms with Gasteiger partial charge in [0.05, 0.1) is 0 Å². The van der Waals surface area contributed by atoms with Crippen LogP contribution in [0.25, 0.3) is 0 Å². The molecular formula is C14H28N2. The topological polar surface area (TPSA) is 29.3 Å². The summed E-state index contributed by atoms with van der Waals surface area (Å²) in [6.45, 7) is 7.27. The van der Waals surface area contributed by atoms with E-state index >= 15 is 0 Å². The van der Waals surface area contributed by atoms with Crippen molar-refractivity contribution in [1.29, 1.82) is 0 Å². The number of piperidine rings is 1. The van der Waals surface area contributed by atoms with Crippen LogP contribution in [-0.2, 0) is 0 Å². The van der Waals surface area contributed by atoms with E-state index < -0.39 is 0 Å². The normalized spacial score (nSPS) is 38.8. The highest BCUT2D eigenvalue weighted by atomic mass is 15.2. The molecule has 0 aromatic heterocycles. The Hall–Kier alpha value is -0.0800. The van der Waals surface area contributed by atoms with E-state index in [4.69, 9.17) is 5.73 Å². The van der Waals surface area contributed by atoms with E-state index in [1.165, 1.54) is 58.0 Å². The summed E-state index contributed by atoms with van der Waals surface area (Å²) < 4.78 is 0. The van der Waals surface area contributed by atoms with E-state index in [-0.39, 0.29) is 0 Å². The number of hydrogen-bond acceptors (Lipinski definition) is 2. The first-order valence-corrected chi connectivity index (χ1v) is 7.17. The molecule has 2 heteroatoms. The van der Waals surface area contributed by atoms with Gasteiger partial charge in [0.25, 0.3) is 0 Å². The van der Waals surface area contributed by atoms with E-state index in [1.807, 2.05) is 0 Å². The predicted molar refractivity (Wildman–Crippen MR) is 69.4 cm³/mol. The first-order chi connectivity index (χ1) is 7.66. The number of rotatable bonds is 2. The van der Waals surface area contributed by atoms with E-state index in [0.29, 0.717) is 11.6 Å². The summed E-state index contributed by atoms with van der Waals surface area (Å²) >= 11 is 0. The molecule has 2 rings (SSSR count). The molecule has 94 valence electrons. The van der Waals surface area contributed by atoms with Crippen molar-refractivity contribution in [3.63, 3.8) is 0 Å². The third kappa shape index (κ3) is 2.43. The quantitative estimate of drug-likeness (QED) is 0.781. The van der Waals surface area contributed by atoms with Gasteiger partial charge in [0.1, 0.15) is 0 Å². The molecule has 1 aliphatic carbocycles. The second-order valence-electron chi connectivity index (χ2n) is 6.08. The van der Waals surface area contributed by atoms with Crippen LogP contribution in [0.4, 0.5) is 0 Å². The van der Waals surface area contributed by atoms with Crippen LogP contribution in [0.5, 0.6) is 0 Å². The van der Waals surface area contributed by atoms with Gasteiger partial charge < -0.3 is 5.73 Å². The molecule has 16 heavy (non-hydrogen) atoms. The number of likely N-dealkylation sites (tertiary alicyclic amines) is 1. The lowest BCUT2D eigenvalue weighted by atomic mass is 9.74. The van der Waals surface area contributed by atoms with Gasteiger partial charge in [0, 0.05) is 24.7 Å². The van der Waals surface area contributed by atoms with Crippen molar-refractivity contribution in [3.05, 3.63) is 0 Å². The summed E-state index contributed by atoms with van der Waals surface area (Å²) in [5.41, 5.74) is 6.54. The maximum atomic E-state index is 6.01. The van der Waals surface area contributed by atoms with Gasteiger partial charge in [0.15, 0.2) is 0 Å². The third-order valence-electron chi connectivity index (χ3n) is 5.07. The minimum Gasteiger partial charge on any atom is -0.328 e. The van der Waals surface area contributed by atoms with E-state index in [9.17, 15) is 0 Å². The van der Waals surface area contributed by atoms with Crippen molar-refractivity contribution < 1.29 is 0 Å². The van der Waals surface area contributed by atoms with E-state index in [0.717, 1.165) is 5.92 Å². The molecule has 1 heterocycles. The summed E-state index contributed by atoms with van der Waals surface area (Å²) in [6.07, 6.45) is 9.43. The molecule has 2 aliphatic rings. The zero-order chi connectivity index (χ0) is 11.6. The molecule has 0 aromatic rings. The Labute approximate surface area is 101 Å². The fraction of sp³-hybridized carbons (Fsp3) is 1.00. The van der Waals surface area contributed by atoms with Crippen LogP contribution in [0.1, 0.15) is 58.8 Å². The van der Waals surface area contributed by atoms with Crippen LogP contribution in [-0.4, -0.2) is 29.6 Å². The lowest BCUT2D eigenvalue weighted by Gasteiger charge is -2.50. The Balaban J connectivity index is 1.98. The van der Waals surface area contributed by atoms with Crippen molar-refractivity contribution in [1.82, 2.24) is 4.90 Å². The highest BCUT2D eigenvalue weighted by Crippen LogP contribution is 2.39. The van der Waals surface area contributed by atoms with Crippen LogP contribution < -0.4 is 5.73 Å². The summed E-state index contributed by atoms with van der Waals surface area (Å²) in [5, 5.41) is 0. The van der Waals surface area contributed by atoms with Gasteiger partial charge in [-0.3, -0.25) is 4.90 Å². The molecule has 0 atom stereocenters. The summed E-state index contributed by atoms with van der Waals surface area (Å²) in [4.78, 5) is 2.77. The molecule has 1 saturated carbocycles. The van der Waals surface area contributed by atoms with Crippen LogP contribution in [0, 0.1) is 5.92 Å². The van der Waals surface area contributed by atoms with Gasteiger partial charge in [-0.25, -0.2) is 0 Å². The molecule has 0 spiro atoms. The molecule has 0 aromatic carbocycles. The Morgan fingerprint density at radius 3 is 2.19 bits per heavy atom. The van der Waals surface area contributed by atoms with Gasteiger partial charge in [-0.05, 0) is 50.9 Å². The lowest BCUT2D eigenvalue weighted by Crippen LogP contribution is -2.54. The molecule has 0 amide bonds. The van der Waals surface area contributed by atoms with Gasteiger partial charge in [-0.15, -0.1) is 0 Å². The van der Waals surface area contributed by atoms with E-state index in [1.54, 1.807) is 0 Å². The second-order valence-corrected chi connectivity index (χ2v) is 6.08. The van der Waals surface area contributed by atoms with Crippen LogP contribution in [0.15, 0.2) is 0 Å². The second kappa shape index (κ2) is 5.05. The summed E-state index contributed by atoms with van der Waals surface area (Å²) in [6, 6.07) is 0.465. The molecule has 1 saturated heterocycles. The van der Waals surface area contributed by atoms with Crippen LogP contribution in [0.2, 0.25) is 0 Å². The van der Waals surface area contributed by atoms with Gasteiger partial charge in [0.2, 0.25) is 0 Å². The Morgan fingerprint density at radius 1 is 1.12 bits per heavy atom. The van der Waals surface area contributed by atoms with Crippen molar-refractivity contribution in [2.45, 2.75) is 70.4 Å². The van der Waals surface area contributed by atoms with Gasteiger partial charge in [-0.1, -0.05) is 13.8 Å². The SMILES string of the molecule is CCC1(N2CCC(N)CC2)CCC(C)CC1. The predicted octanol–water partition coefficient (Wildman–Crippen LogP) is 2.77. The van der Waals surface area contributed by atoms with Gasteiger partial charge >= 0.3 is 0 Å². The minimum absolute atomic E-state index is 0.465. The first-order valence-electron chi connectivity index (χ1n) is 7.17. The van der Waals surface area contributed by atoms with E-state index in [2.05, 4.69) is 18.7 Å². The molecule has 2 nitrogen and oxygen atoms in total. The molecule has 1 aliphatic heterocycles. The zero-order valence-corrected chi connectivity index (χ0v) is 11.0. The monoisotopic (exact) mass is 224 g/mol. The average molecular weight is 224 g/mol. The van der Waals surface area contributed by atoms with Crippen molar-refractivity contribution in [3.8, 4) is 0 Å². The molecular weight excluding hydrogens is 196 g/mol. The highest BCUT2D eigenvalue weighted by molar-refractivity contribution is 4.95. The summed E-state index contributed by atoms with van der Waals surface area (Å²) in [7, 11) is 0. The lowest BCUT2D eigenvalue weighted by molar-refractivity contribution is 0.0163. The first kappa shape index (κ1) is 12.4. The molecule has 2 fully saturated rings. The van der Waals surface area contributed by atoms with Crippen molar-refractivity contribution in [2.75, 3.05) is 13.1 Å². The third-order valence-corrected chi connectivity index (χ3v) is 5.07. The molecule has 2 N–H and O–H groups in total. The minimum atomic E-state index is 0.465. The standard InChI is InChI=1S/C14H28N2/c1-3-14(8-4-12(2)5-9-14)16-10-6-13(15)7-11-16/h12-13H,3-11,15H2,1-2H3. The number of nitrogens with two attached hydrogens (primary N) is 1. The maximum absolute atomic E-state index is 6.01. The Bertz CT molecular complexity index is 211. The smallest absolute Gasteiger partial charge is 0.0207 e. The fourth-order valence-electron chi connectivity index (χ4n) is 3.57. The zero-order valence-electron chi connectivity index (χ0n) is 11.0. The maximum Gasteiger partial charge on any atom is 0.0207 e. The van der Waals surface area contributed by atoms with Crippen molar-refractivity contribution in [2.24, 2.45) is 11.7 Å². The van der Waals surface area contributed by atoms with Crippen molar-refractivity contribution >= 4 is 0 Å². The Kier molecular flexibility index (Phi) is 3.91. The van der Waals surface area contributed by atoms with Crippen LogP contribution >= 0.6 is 0 Å². The number of hydrogen-bond donors (Lipinski definition) is 1. The molecule has 0 unspecified atom stereocenters. The largest absolute Gasteiger partial charge is 0.328 e. The molecule has 0 radical (unpaired) electrons. The average Bonchev–Trinajstić information content (AvgIpc) is 2.32. The van der Waals surface area contributed by atoms with Gasteiger partial charge in [-0.2, -0.15) is 0 Å². The summed E-state index contributed by atoms with van der Waals surface area (Å²) in [5.74, 6) is 0.951.